The number of ether oxygens (including phenoxy) is 1. The maximum absolute atomic E-state index is 12.2. The van der Waals surface area contributed by atoms with Gasteiger partial charge in [-0.15, -0.1) is 23.5 Å². The van der Waals surface area contributed by atoms with Crippen molar-refractivity contribution in [3.05, 3.63) is 106 Å². The van der Waals surface area contributed by atoms with E-state index in [4.69, 9.17) is 24.8 Å². The Labute approximate surface area is 796 Å². The standard InChI is InChI=1S/2C15H16N2O3.C13H27NO2Si.C11H18N2O4S.C8H19BrOSi.C8H5NO2.C7H14N2O.C7H13NO2.C5H9NO.C4H4O3S/c2*1-10-8-13(18)16(9-10)6-7-17-14(19)11-4-2-3-5-12(11)15(17)20;1-11-9-12(15)14(10-11)7-8-16-17(5,6)13(2,3)4;1-8-4-10(15)13(5-8)3-2-12-9(14)6-18-7-11(16)17;1-8(2,3)11(4,5)10-7-6-9;10-7-5-3-1-2-4-6(5)8(11)9-7;1-6-4-7(10)9(5-6)3-2-8;1-6-4-7(10)8(5-6)2-3-9;1-4-2-5(7)6-3-4;5-3-1-8-2-4(6)7-3/h2*2-5,10H,6-9H2,1H3;11H,7-10H2,1-6H3;8H,2-7H2,1H3,(H,12,14)(H,16,17);6-7H2,1-5H3;1-4H,(H,9,10,11);6H,2-5,8H2,1H3;6,9H,2-5H2,1H3;4H,2-3H2,1H3,(H,6,7);1-2H2/t10-;;;8-;;;6-;;;/m1..1..1.../s1. The number of carboxylic acids is 1. The number of hydrogen-bond acceptors (Lipinski definition) is 24. The van der Waals surface area contributed by atoms with Gasteiger partial charge in [0.1, 0.15) is 0 Å². The SMILES string of the molecule is CC(C)(C)[Si](C)(C)OCCBr.CC1CC(=O)N(CCN2C(=O)c3ccccc3C2=O)C1.CC1CC(=O)N(CCO)C1.CC1CC(=O)N(CCO[Si](C)(C)C(C)(C)C)C1.CC1CNC(=O)C1.C[C@@H]1CC(=O)N(CCN)C1.C[C@@H]1CC(=O)N(CCN2C(=O)c3ccccc3C2=O)C1.C[C@@H]1CC(=O)N(CCNC(=O)CSCC(=O)O)C1.O=C1CSCC(=O)O1.O=C1NC(=O)c2ccccc21. The van der Waals surface area contributed by atoms with Crippen molar-refractivity contribution in [1.29, 1.82) is 0 Å². The number of imide groups is 3. The molecule has 14 amide bonds. The van der Waals surface area contributed by atoms with Crippen molar-refractivity contribution in [3.8, 4) is 0 Å². The van der Waals surface area contributed by atoms with Crippen LogP contribution in [0, 0.1) is 41.4 Å². The molecule has 39 heteroatoms. The fourth-order valence-corrected chi connectivity index (χ4v) is 18.4. The molecule has 8 saturated heterocycles. The summed E-state index contributed by atoms with van der Waals surface area (Å²) in [6, 6.07) is 20.4. The first-order valence-electron chi connectivity index (χ1n) is 45.2. The monoisotopic (exact) mass is 1980 g/mol. The maximum Gasteiger partial charge on any atom is 0.323 e. The first kappa shape index (κ1) is 113. The molecule has 7 atom stereocenters. The first-order chi connectivity index (χ1) is 61.9. The molecule has 11 heterocycles. The number of halogens is 1. The molecule has 3 aromatic carbocycles. The molecule has 11 aliphatic heterocycles. The summed E-state index contributed by atoms with van der Waals surface area (Å²) in [5.74, 6) is 1.52. The van der Waals surface area contributed by atoms with Crippen molar-refractivity contribution in [1.82, 2.24) is 55.1 Å². The van der Waals surface area contributed by atoms with Crippen LogP contribution in [-0.2, 0) is 66.3 Å². The van der Waals surface area contributed by atoms with Gasteiger partial charge in [0.25, 0.3) is 35.4 Å². The van der Waals surface area contributed by atoms with E-state index in [0.717, 1.165) is 75.9 Å². The highest BCUT2D eigenvalue weighted by Crippen LogP contribution is 2.38. The summed E-state index contributed by atoms with van der Waals surface area (Å²) in [6.07, 6.45) is 4.49. The first-order valence-corrected chi connectivity index (χ1v) is 54.5. The lowest BCUT2D eigenvalue weighted by Crippen LogP contribution is -2.43. The predicted molar refractivity (Wildman–Crippen MR) is 513 cm³/mol. The number of nitrogens with zero attached hydrogens (tertiary/aromatic N) is 8. The minimum absolute atomic E-state index is 0.0739. The molecule has 14 rings (SSSR count). The fraction of sp³-hybridized carbons (Fsp3) is 0.624. The fourth-order valence-electron chi connectivity index (χ4n) is 14.7. The number of amides is 14. The number of fused-ring (bicyclic) bond motifs is 3. The lowest BCUT2D eigenvalue weighted by Gasteiger charge is -2.36. The van der Waals surface area contributed by atoms with Crippen LogP contribution in [0.5, 0.6) is 0 Å². The van der Waals surface area contributed by atoms with Crippen molar-refractivity contribution in [2.75, 3.05) is 159 Å². The van der Waals surface area contributed by atoms with Gasteiger partial charge in [0, 0.05) is 168 Å². The van der Waals surface area contributed by atoms with Crippen molar-refractivity contribution < 1.29 is 105 Å². The topological polar surface area (TPSA) is 446 Å². The number of esters is 2. The van der Waals surface area contributed by atoms with E-state index in [9.17, 15) is 81.5 Å². The number of aliphatic hydroxyl groups is 1. The number of aliphatic hydroxyl groups excluding tert-OH is 1. The maximum atomic E-state index is 12.2. The smallest absolute Gasteiger partial charge is 0.323 e. The number of hydrogen-bond donors (Lipinski definition) is 6. The number of alkyl halides is 1. The molecule has 0 saturated carbocycles. The van der Waals surface area contributed by atoms with Gasteiger partial charge in [0.15, 0.2) is 16.6 Å². The number of likely N-dealkylation sites (tertiary alicyclic amines) is 6. The number of aliphatic carboxylic acids is 1. The molecule has 0 aliphatic carbocycles. The molecule has 0 spiro atoms. The third kappa shape index (κ3) is 36.9. The van der Waals surface area contributed by atoms with E-state index in [-0.39, 0.29) is 119 Å². The number of carboxylic acid groups (broad SMARTS) is 1. The number of rotatable bonds is 24. The second-order valence-corrected chi connectivity index (χ2v) is 50.3. The van der Waals surface area contributed by atoms with Crippen molar-refractivity contribution >= 4 is 157 Å². The van der Waals surface area contributed by atoms with Gasteiger partial charge in [-0.2, -0.15) is 0 Å². The average Bonchev–Trinajstić information content (AvgIpc) is 1.64. The Morgan fingerprint density at radius 3 is 1.07 bits per heavy atom. The predicted octanol–water partition coefficient (Wildman–Crippen LogP) is 8.55. The zero-order valence-electron chi connectivity index (χ0n) is 80.0. The van der Waals surface area contributed by atoms with Gasteiger partial charge in [-0.05, 0) is 114 Å². The lowest BCUT2D eigenvalue weighted by atomic mass is 10.1. The summed E-state index contributed by atoms with van der Waals surface area (Å²) >= 11 is 5.71. The molecule has 0 radical (unpaired) electrons. The highest BCUT2D eigenvalue weighted by atomic mass is 79.9. The number of nitrogens with two attached hydrogens (primary N) is 1. The Balaban J connectivity index is 0.000000264. The Morgan fingerprint density at radius 1 is 0.470 bits per heavy atom. The van der Waals surface area contributed by atoms with Crippen molar-refractivity contribution in [2.45, 2.75) is 171 Å². The average molecular weight is 1980 g/mol. The largest absolute Gasteiger partial charge is 0.481 e. The molecular formula is C93H141BrN12O22S2Si2. The van der Waals surface area contributed by atoms with E-state index in [2.05, 4.69) is 132 Å². The molecule has 3 aromatic rings. The van der Waals surface area contributed by atoms with Gasteiger partial charge in [0.05, 0.1) is 69.6 Å². The summed E-state index contributed by atoms with van der Waals surface area (Å²) in [5.41, 5.74) is 8.09. The summed E-state index contributed by atoms with van der Waals surface area (Å²) in [7, 11) is -3.11. The van der Waals surface area contributed by atoms with Gasteiger partial charge in [-0.3, -0.25) is 96.6 Å². The Kier molecular flexibility index (Phi) is 46.8. The zero-order chi connectivity index (χ0) is 98.7. The second kappa shape index (κ2) is 54.5. The minimum atomic E-state index is -1.65. The van der Waals surface area contributed by atoms with Gasteiger partial charge >= 0.3 is 17.9 Å². The van der Waals surface area contributed by atoms with Crippen LogP contribution in [0.2, 0.25) is 36.3 Å². The van der Waals surface area contributed by atoms with Crippen LogP contribution in [-0.4, -0.2) is 326 Å². The van der Waals surface area contributed by atoms with Gasteiger partial charge in [0.2, 0.25) is 47.3 Å². The summed E-state index contributed by atoms with van der Waals surface area (Å²) in [4.78, 5) is 205. The Bertz CT molecular complexity index is 4260. The van der Waals surface area contributed by atoms with Gasteiger partial charge < -0.3 is 69.6 Å². The minimum Gasteiger partial charge on any atom is -0.481 e. The van der Waals surface area contributed by atoms with Crippen molar-refractivity contribution in [2.24, 2.45) is 47.2 Å². The van der Waals surface area contributed by atoms with Crippen LogP contribution in [0.15, 0.2) is 72.8 Å². The molecule has 34 nitrogen and oxygen atoms in total. The van der Waals surface area contributed by atoms with Crippen LogP contribution < -0.4 is 21.7 Å². The van der Waals surface area contributed by atoms with E-state index in [1.165, 1.54) is 21.6 Å². The number of carbonyl (C=O) groups excluding carboxylic acids is 16. The van der Waals surface area contributed by atoms with Gasteiger partial charge in [-0.25, -0.2) is 0 Å². The third-order valence-corrected chi connectivity index (χ3v) is 35.0. The zero-order valence-corrected chi connectivity index (χ0v) is 85.2. The van der Waals surface area contributed by atoms with Gasteiger partial charge in [-0.1, -0.05) is 142 Å². The van der Waals surface area contributed by atoms with Crippen LogP contribution in [0.1, 0.15) is 197 Å². The number of thioether (sulfide) groups is 2. The van der Waals surface area contributed by atoms with Crippen molar-refractivity contribution in [3.63, 3.8) is 0 Å². The van der Waals surface area contributed by atoms with Crippen LogP contribution in [0.25, 0.3) is 0 Å². The molecule has 732 valence electrons. The van der Waals surface area contributed by atoms with E-state index in [1.807, 2.05) is 30.6 Å². The van der Waals surface area contributed by atoms with Crippen LogP contribution in [0.3, 0.4) is 0 Å². The van der Waals surface area contributed by atoms with E-state index >= 15 is 0 Å². The highest BCUT2D eigenvalue weighted by molar-refractivity contribution is 9.09. The molecule has 4 unspecified atom stereocenters. The van der Waals surface area contributed by atoms with Crippen LogP contribution >= 0.6 is 39.5 Å². The Hall–Kier alpha value is -9.10. The normalized spacial score (nSPS) is 21.2. The number of β-amino-alcohol motifs (C(OH)–C–C–N with tert-alkyl or cyclic N) is 1. The molecule has 11 aliphatic rings. The molecule has 7 N–H and O–H groups in total. The molecule has 0 aromatic heterocycles. The van der Waals surface area contributed by atoms with E-state index in [0.29, 0.717) is 189 Å². The molecule has 132 heavy (non-hydrogen) atoms. The van der Waals surface area contributed by atoms with Crippen LogP contribution in [0.4, 0.5) is 0 Å². The molecular weight excluding hydrogens is 1840 g/mol. The summed E-state index contributed by atoms with van der Waals surface area (Å²) in [5, 5.41) is 26.1. The third-order valence-electron chi connectivity index (χ3n) is 23.8. The molecule has 0 bridgehead atoms. The summed E-state index contributed by atoms with van der Waals surface area (Å²) < 4.78 is 16.1. The number of carbonyl (C=O) groups is 17. The van der Waals surface area contributed by atoms with E-state index < -0.39 is 34.5 Å². The summed E-state index contributed by atoms with van der Waals surface area (Å²) in [6.45, 7) is 49.1. The highest BCUT2D eigenvalue weighted by Gasteiger charge is 2.42. The number of nitrogens with one attached hydrogen (secondary N) is 3. The molecule has 8 fully saturated rings. The van der Waals surface area contributed by atoms with E-state index in [1.54, 1.807) is 92.4 Å². The lowest BCUT2D eigenvalue weighted by molar-refractivity contribution is -0.156. The second-order valence-electron chi connectivity index (χ2n) is 37.9. The number of benzene rings is 3. The Morgan fingerprint density at radius 2 is 0.795 bits per heavy atom. The quantitative estimate of drug-likeness (QED) is 0.0161. The number of cyclic esters (lactones) is 2.